The molecule has 10 heteroatoms. The highest BCUT2D eigenvalue weighted by Gasteiger charge is 2.26. The van der Waals surface area contributed by atoms with Crippen molar-refractivity contribution >= 4 is 21.4 Å². The van der Waals surface area contributed by atoms with Crippen molar-refractivity contribution in [2.24, 2.45) is 0 Å². The molecule has 0 aliphatic carbocycles. The summed E-state index contributed by atoms with van der Waals surface area (Å²) in [6.07, 6.45) is 0.492. The molecule has 1 aliphatic rings. The molecule has 0 N–H and O–H groups in total. The van der Waals surface area contributed by atoms with Gasteiger partial charge in [-0.3, -0.25) is 14.9 Å². The minimum absolute atomic E-state index is 0.0887. The van der Waals surface area contributed by atoms with E-state index in [0.717, 1.165) is 24.5 Å². The van der Waals surface area contributed by atoms with Crippen LogP contribution in [0.3, 0.4) is 0 Å². The van der Waals surface area contributed by atoms with Crippen molar-refractivity contribution in [2.75, 3.05) is 26.5 Å². The molecular weight excluding hydrogens is 388 g/mol. The van der Waals surface area contributed by atoms with Gasteiger partial charge in [-0.2, -0.15) is 0 Å². The Bertz CT molecular complexity index is 1040. The number of sulfone groups is 1. The Morgan fingerprint density at radius 2 is 1.93 bits per heavy atom. The molecule has 1 heterocycles. The van der Waals surface area contributed by atoms with Crippen LogP contribution in [0.15, 0.2) is 47.4 Å². The van der Waals surface area contributed by atoms with Crippen LogP contribution in [0.5, 0.6) is 11.5 Å². The molecule has 0 bridgehead atoms. The smallest absolute Gasteiger partial charge is 0.271 e. The number of hydrogen-bond acceptors (Lipinski definition) is 7. The summed E-state index contributed by atoms with van der Waals surface area (Å²) >= 11 is 0. The summed E-state index contributed by atoms with van der Waals surface area (Å²) in [7, 11) is -2.22. The van der Waals surface area contributed by atoms with Gasteiger partial charge in [0.2, 0.25) is 0 Å². The molecule has 2 aromatic carbocycles. The van der Waals surface area contributed by atoms with Crippen LogP contribution < -0.4 is 9.47 Å². The topological polar surface area (TPSA) is 116 Å². The first kappa shape index (κ1) is 19.6. The fourth-order valence-electron chi connectivity index (χ4n) is 2.79. The van der Waals surface area contributed by atoms with E-state index in [2.05, 4.69) is 0 Å². The molecule has 28 heavy (non-hydrogen) atoms. The van der Waals surface area contributed by atoms with Crippen LogP contribution >= 0.6 is 0 Å². The highest BCUT2D eigenvalue weighted by atomic mass is 32.2. The van der Waals surface area contributed by atoms with Crippen LogP contribution in [0.4, 0.5) is 5.69 Å². The van der Waals surface area contributed by atoms with Crippen molar-refractivity contribution in [3.05, 3.63) is 58.1 Å². The van der Waals surface area contributed by atoms with Crippen molar-refractivity contribution < 1.29 is 27.6 Å². The second-order valence-electron chi connectivity index (χ2n) is 6.43. The zero-order chi connectivity index (χ0) is 20.5. The van der Waals surface area contributed by atoms with Gasteiger partial charge in [0.1, 0.15) is 6.61 Å². The molecule has 0 saturated heterocycles. The fourth-order valence-corrected chi connectivity index (χ4v) is 3.46. The first-order valence-corrected chi connectivity index (χ1v) is 10.2. The molecule has 1 atom stereocenters. The highest BCUT2D eigenvalue weighted by molar-refractivity contribution is 7.90. The Kier molecular flexibility index (Phi) is 5.23. The quantitative estimate of drug-likeness (QED) is 0.550. The van der Waals surface area contributed by atoms with Gasteiger partial charge >= 0.3 is 0 Å². The number of likely N-dealkylation sites (N-methyl/N-ethyl adjacent to an activating group) is 1. The standard InChI is InChI=1S/C18H18N2O7S/c1-19(10-14-11-26-16-5-3-4-6-17(16)27-14)18(21)12-7-13(20(22)23)9-15(8-12)28(2,24)25/h3-9,14H,10-11H2,1-2H3. The number of nitrogens with zero attached hydrogens (tertiary/aromatic N) is 2. The number of ether oxygens (including phenoxy) is 2. The molecule has 3 rings (SSSR count). The minimum atomic E-state index is -3.72. The van der Waals surface area contributed by atoms with Crippen LogP contribution in [0.2, 0.25) is 0 Å². The van der Waals surface area contributed by atoms with Crippen LogP contribution in [0, 0.1) is 10.1 Å². The van der Waals surface area contributed by atoms with Crippen LogP contribution in [-0.2, 0) is 9.84 Å². The van der Waals surface area contributed by atoms with Crippen molar-refractivity contribution in [1.29, 1.82) is 0 Å². The average Bonchev–Trinajstić information content (AvgIpc) is 2.66. The van der Waals surface area contributed by atoms with Crippen LogP contribution in [0.25, 0.3) is 0 Å². The third-order valence-corrected chi connectivity index (χ3v) is 5.26. The van der Waals surface area contributed by atoms with Gasteiger partial charge in [-0.05, 0) is 18.2 Å². The van der Waals surface area contributed by atoms with E-state index in [1.807, 2.05) is 6.07 Å². The molecule has 0 spiro atoms. The number of carbonyl (C=O) groups excluding carboxylic acids is 1. The first-order valence-electron chi connectivity index (χ1n) is 8.28. The third-order valence-electron chi connectivity index (χ3n) is 4.17. The maximum Gasteiger partial charge on any atom is 0.271 e. The lowest BCUT2D eigenvalue weighted by Gasteiger charge is -2.29. The zero-order valence-corrected chi connectivity index (χ0v) is 16.0. The Hall–Kier alpha value is -3.14. The maximum atomic E-state index is 12.7. The molecule has 2 aromatic rings. The molecule has 1 unspecified atom stereocenters. The summed E-state index contributed by atoms with van der Waals surface area (Å²) in [6, 6.07) is 10.3. The van der Waals surface area contributed by atoms with Crippen molar-refractivity contribution in [2.45, 2.75) is 11.0 Å². The lowest BCUT2D eigenvalue weighted by molar-refractivity contribution is -0.385. The van der Waals surface area contributed by atoms with E-state index in [1.165, 1.54) is 11.9 Å². The predicted molar refractivity (Wildman–Crippen MR) is 99.5 cm³/mol. The normalized spacial score (nSPS) is 15.7. The van der Waals surface area contributed by atoms with Gasteiger partial charge in [-0.15, -0.1) is 0 Å². The summed E-state index contributed by atoms with van der Waals surface area (Å²) in [5, 5.41) is 11.1. The molecule has 0 fully saturated rings. The Morgan fingerprint density at radius 1 is 1.25 bits per heavy atom. The minimum Gasteiger partial charge on any atom is -0.486 e. The molecule has 0 aromatic heterocycles. The molecular formula is C18H18N2O7S. The van der Waals surface area contributed by atoms with E-state index in [-0.39, 0.29) is 23.6 Å². The zero-order valence-electron chi connectivity index (χ0n) is 15.2. The average molecular weight is 406 g/mol. The number of non-ortho nitro benzene ring substituents is 1. The third kappa shape index (κ3) is 4.22. The summed E-state index contributed by atoms with van der Waals surface area (Å²) in [6.45, 7) is 0.391. The Labute approximate surface area is 161 Å². The molecule has 0 saturated carbocycles. The van der Waals surface area contributed by atoms with E-state index < -0.39 is 32.5 Å². The highest BCUT2D eigenvalue weighted by Crippen LogP contribution is 2.31. The van der Waals surface area contributed by atoms with E-state index in [4.69, 9.17) is 9.47 Å². The SMILES string of the molecule is CN(CC1COc2ccccc2O1)C(=O)c1cc([N+](=O)[O-])cc(S(C)(=O)=O)c1. The monoisotopic (exact) mass is 406 g/mol. The van der Waals surface area contributed by atoms with Gasteiger partial charge in [-0.1, -0.05) is 12.1 Å². The van der Waals surface area contributed by atoms with Crippen LogP contribution in [-0.4, -0.2) is 56.7 Å². The lowest BCUT2D eigenvalue weighted by Crippen LogP contribution is -2.41. The molecule has 148 valence electrons. The molecule has 0 radical (unpaired) electrons. The number of nitro benzene ring substituents is 1. The number of hydrogen-bond donors (Lipinski definition) is 0. The second-order valence-corrected chi connectivity index (χ2v) is 8.44. The number of benzene rings is 2. The van der Waals surface area contributed by atoms with Gasteiger partial charge < -0.3 is 14.4 Å². The summed E-state index contributed by atoms with van der Waals surface area (Å²) in [4.78, 5) is 24.1. The predicted octanol–water partition coefficient (Wildman–Crippen LogP) is 1.91. The number of para-hydroxylation sites is 2. The molecule has 1 aliphatic heterocycles. The van der Waals surface area contributed by atoms with E-state index in [9.17, 15) is 23.3 Å². The number of carbonyl (C=O) groups is 1. The largest absolute Gasteiger partial charge is 0.486 e. The van der Waals surface area contributed by atoms with Gasteiger partial charge in [0.25, 0.3) is 11.6 Å². The first-order chi connectivity index (χ1) is 13.1. The van der Waals surface area contributed by atoms with Gasteiger partial charge in [0.05, 0.1) is 16.4 Å². The summed E-state index contributed by atoms with van der Waals surface area (Å²) < 4.78 is 35.0. The van der Waals surface area contributed by atoms with E-state index in [1.54, 1.807) is 18.2 Å². The number of fused-ring (bicyclic) bond motifs is 1. The Morgan fingerprint density at radius 3 is 2.57 bits per heavy atom. The second kappa shape index (κ2) is 7.47. The Balaban J connectivity index is 1.80. The van der Waals surface area contributed by atoms with Gasteiger partial charge in [-0.25, -0.2) is 8.42 Å². The fraction of sp³-hybridized carbons (Fsp3) is 0.278. The van der Waals surface area contributed by atoms with Crippen molar-refractivity contribution in [1.82, 2.24) is 4.90 Å². The van der Waals surface area contributed by atoms with Crippen molar-refractivity contribution in [3.8, 4) is 11.5 Å². The molecule has 1 amide bonds. The maximum absolute atomic E-state index is 12.7. The number of amides is 1. The van der Waals surface area contributed by atoms with E-state index >= 15 is 0 Å². The van der Waals surface area contributed by atoms with E-state index in [0.29, 0.717) is 11.5 Å². The number of rotatable bonds is 5. The van der Waals surface area contributed by atoms with Crippen LogP contribution in [0.1, 0.15) is 10.4 Å². The van der Waals surface area contributed by atoms with Gasteiger partial charge in [0.15, 0.2) is 27.4 Å². The van der Waals surface area contributed by atoms with Gasteiger partial charge in [0, 0.05) is 31.0 Å². The summed E-state index contributed by atoms with van der Waals surface area (Å²) in [5.74, 6) is 0.620. The molecule has 9 nitrogen and oxygen atoms in total. The van der Waals surface area contributed by atoms with Crippen molar-refractivity contribution in [3.63, 3.8) is 0 Å². The number of nitro groups is 1. The summed E-state index contributed by atoms with van der Waals surface area (Å²) in [5.41, 5.74) is -0.555. The lowest BCUT2D eigenvalue weighted by atomic mass is 10.1.